The molecule has 2 rings (SSSR count). The van der Waals surface area contributed by atoms with E-state index < -0.39 is 21.7 Å². The van der Waals surface area contributed by atoms with Gasteiger partial charge in [0, 0.05) is 25.3 Å². The van der Waals surface area contributed by atoms with Crippen molar-refractivity contribution in [3.8, 4) is 0 Å². The molecule has 0 saturated carbocycles. The Balaban J connectivity index is 0.00000338. The minimum Gasteiger partial charge on any atom is -0.387 e. The van der Waals surface area contributed by atoms with Gasteiger partial charge in [0.15, 0.2) is 0 Å². The van der Waals surface area contributed by atoms with Crippen LogP contribution in [0.3, 0.4) is 0 Å². The molecule has 0 spiro atoms. The van der Waals surface area contributed by atoms with Crippen LogP contribution in [0.15, 0.2) is 29.2 Å². The predicted molar refractivity (Wildman–Crippen MR) is 103 cm³/mol. The second kappa shape index (κ2) is 10.1. The summed E-state index contributed by atoms with van der Waals surface area (Å²) in [5, 5.41) is 18.7. The molecule has 1 unspecified atom stereocenters. The first kappa shape index (κ1) is 22.7. The van der Waals surface area contributed by atoms with Gasteiger partial charge in [0.25, 0.3) is 0 Å². The van der Waals surface area contributed by atoms with E-state index in [0.29, 0.717) is 31.6 Å². The lowest BCUT2D eigenvalue weighted by Gasteiger charge is -2.32. The number of rotatable bonds is 7. The third-order valence-corrected chi connectivity index (χ3v) is 5.47. The SMILES string of the molecule is CCCNS(=O)(=O)c1ccc(NC(=O)NCC2(O)CCCNC2)cc1.Cl. The van der Waals surface area contributed by atoms with E-state index in [-0.39, 0.29) is 23.8 Å². The van der Waals surface area contributed by atoms with Crippen LogP contribution in [0.1, 0.15) is 26.2 Å². The quantitative estimate of drug-likeness (QED) is 0.463. The first-order valence-corrected chi connectivity index (χ1v) is 9.91. The van der Waals surface area contributed by atoms with Gasteiger partial charge in [-0.25, -0.2) is 17.9 Å². The van der Waals surface area contributed by atoms with E-state index in [0.717, 1.165) is 13.0 Å². The zero-order chi connectivity index (χ0) is 18.3. The Kier molecular flexibility index (Phi) is 8.78. The number of anilines is 1. The normalized spacial score (nSPS) is 20.1. The summed E-state index contributed by atoms with van der Waals surface area (Å²) in [6, 6.07) is 5.48. The molecule has 0 radical (unpaired) electrons. The molecule has 1 heterocycles. The number of aliphatic hydroxyl groups is 1. The molecular weight excluding hydrogens is 380 g/mol. The summed E-state index contributed by atoms with van der Waals surface area (Å²) in [5.41, 5.74) is -0.459. The fourth-order valence-electron chi connectivity index (χ4n) is 2.56. The average Bonchev–Trinajstić information content (AvgIpc) is 2.60. The lowest BCUT2D eigenvalue weighted by molar-refractivity contribution is 0.0198. The number of β-amino-alcohol motifs (C(OH)–C–C–N with tert-alkyl or cyclic N) is 1. The molecule has 1 aliphatic rings. The zero-order valence-electron chi connectivity index (χ0n) is 14.7. The van der Waals surface area contributed by atoms with Gasteiger partial charge in [-0.1, -0.05) is 6.92 Å². The van der Waals surface area contributed by atoms with Crippen LogP contribution in [0, 0.1) is 0 Å². The standard InChI is InChI=1S/C16H26N4O4S.ClH/c1-2-9-19-25(23,24)14-6-4-13(5-7-14)20-15(21)18-12-16(22)8-3-10-17-11-16;/h4-7,17,19,22H,2-3,8-12H2,1H3,(H2,18,20,21);1H. The number of benzene rings is 1. The fourth-order valence-corrected chi connectivity index (χ4v) is 3.69. The van der Waals surface area contributed by atoms with Crippen LogP contribution in [0.4, 0.5) is 10.5 Å². The number of carbonyl (C=O) groups is 1. The molecule has 1 fully saturated rings. The lowest BCUT2D eigenvalue weighted by Crippen LogP contribution is -2.53. The molecule has 5 N–H and O–H groups in total. The van der Waals surface area contributed by atoms with Crippen LogP contribution in [0.2, 0.25) is 0 Å². The molecule has 0 aromatic heterocycles. The van der Waals surface area contributed by atoms with Gasteiger partial charge in [-0.2, -0.15) is 0 Å². The highest BCUT2D eigenvalue weighted by molar-refractivity contribution is 7.89. The summed E-state index contributed by atoms with van der Waals surface area (Å²) in [5.74, 6) is 0. The topological polar surface area (TPSA) is 120 Å². The van der Waals surface area contributed by atoms with Crippen LogP contribution in [0.5, 0.6) is 0 Å². The molecule has 1 atom stereocenters. The molecule has 2 amide bonds. The molecule has 1 aromatic carbocycles. The molecule has 8 nitrogen and oxygen atoms in total. The second-order valence-corrected chi connectivity index (χ2v) is 8.00. The number of carbonyl (C=O) groups excluding carboxylic acids is 1. The molecule has 26 heavy (non-hydrogen) atoms. The smallest absolute Gasteiger partial charge is 0.319 e. The van der Waals surface area contributed by atoms with E-state index in [2.05, 4.69) is 20.7 Å². The van der Waals surface area contributed by atoms with E-state index in [1.807, 2.05) is 6.92 Å². The van der Waals surface area contributed by atoms with Gasteiger partial charge in [-0.05, 0) is 50.1 Å². The lowest BCUT2D eigenvalue weighted by atomic mass is 9.94. The molecule has 10 heteroatoms. The van der Waals surface area contributed by atoms with E-state index in [1.165, 1.54) is 24.3 Å². The number of sulfonamides is 1. The summed E-state index contributed by atoms with van der Waals surface area (Å²) in [4.78, 5) is 12.1. The van der Waals surface area contributed by atoms with Crippen molar-refractivity contribution in [2.24, 2.45) is 0 Å². The average molecular weight is 407 g/mol. The Morgan fingerprint density at radius 2 is 2.00 bits per heavy atom. The first-order chi connectivity index (χ1) is 11.8. The van der Waals surface area contributed by atoms with Crippen LogP contribution in [-0.4, -0.2) is 51.3 Å². The molecular formula is C16H27ClN4O4S. The molecule has 0 bridgehead atoms. The van der Waals surface area contributed by atoms with Crippen molar-refractivity contribution in [1.82, 2.24) is 15.4 Å². The molecule has 148 valence electrons. The van der Waals surface area contributed by atoms with Crippen LogP contribution in [0.25, 0.3) is 0 Å². The van der Waals surface area contributed by atoms with Crippen molar-refractivity contribution in [3.05, 3.63) is 24.3 Å². The third-order valence-electron chi connectivity index (χ3n) is 3.99. The number of hydrogen-bond donors (Lipinski definition) is 5. The van der Waals surface area contributed by atoms with Crippen molar-refractivity contribution >= 4 is 34.1 Å². The van der Waals surface area contributed by atoms with Crippen LogP contribution < -0.4 is 20.7 Å². The summed E-state index contributed by atoms with van der Waals surface area (Å²) in [6.07, 6.45) is 2.21. The summed E-state index contributed by atoms with van der Waals surface area (Å²) >= 11 is 0. The Morgan fingerprint density at radius 1 is 1.31 bits per heavy atom. The number of urea groups is 1. The molecule has 1 aromatic rings. The van der Waals surface area contributed by atoms with Gasteiger partial charge in [-0.15, -0.1) is 12.4 Å². The number of hydrogen-bond acceptors (Lipinski definition) is 5. The minimum atomic E-state index is -3.52. The third kappa shape index (κ3) is 6.73. The van der Waals surface area contributed by atoms with Crippen molar-refractivity contribution in [2.45, 2.75) is 36.7 Å². The van der Waals surface area contributed by atoms with Crippen molar-refractivity contribution in [2.75, 3.05) is 31.5 Å². The maximum absolute atomic E-state index is 12.0. The van der Waals surface area contributed by atoms with E-state index in [1.54, 1.807) is 0 Å². The van der Waals surface area contributed by atoms with Gasteiger partial charge in [0.05, 0.1) is 10.5 Å². The first-order valence-electron chi connectivity index (χ1n) is 8.42. The van der Waals surface area contributed by atoms with E-state index in [4.69, 9.17) is 0 Å². The fraction of sp³-hybridized carbons (Fsp3) is 0.562. The monoisotopic (exact) mass is 406 g/mol. The predicted octanol–water partition coefficient (Wildman–Crippen LogP) is 1.03. The van der Waals surface area contributed by atoms with E-state index >= 15 is 0 Å². The Labute approximate surface area is 160 Å². The molecule has 1 aliphatic heterocycles. The number of piperidine rings is 1. The van der Waals surface area contributed by atoms with E-state index in [9.17, 15) is 18.3 Å². The van der Waals surface area contributed by atoms with Crippen molar-refractivity contribution in [1.29, 1.82) is 0 Å². The van der Waals surface area contributed by atoms with Gasteiger partial charge < -0.3 is 21.1 Å². The zero-order valence-corrected chi connectivity index (χ0v) is 16.4. The Hall–Kier alpha value is -1.39. The number of amides is 2. The summed E-state index contributed by atoms with van der Waals surface area (Å²) in [6.45, 7) is 3.73. The number of nitrogens with one attached hydrogen (secondary N) is 4. The van der Waals surface area contributed by atoms with Crippen LogP contribution >= 0.6 is 12.4 Å². The maximum atomic E-state index is 12.0. The number of halogens is 1. The highest BCUT2D eigenvalue weighted by atomic mass is 35.5. The maximum Gasteiger partial charge on any atom is 0.319 e. The highest BCUT2D eigenvalue weighted by Gasteiger charge is 2.29. The Morgan fingerprint density at radius 3 is 2.58 bits per heavy atom. The van der Waals surface area contributed by atoms with Gasteiger partial charge in [0.2, 0.25) is 10.0 Å². The summed E-state index contributed by atoms with van der Waals surface area (Å²) < 4.78 is 26.5. The second-order valence-electron chi connectivity index (χ2n) is 6.23. The minimum absolute atomic E-state index is 0. The Bertz CT molecular complexity index is 676. The van der Waals surface area contributed by atoms with Gasteiger partial charge >= 0.3 is 6.03 Å². The van der Waals surface area contributed by atoms with Gasteiger partial charge in [-0.3, -0.25) is 0 Å². The van der Waals surface area contributed by atoms with Crippen molar-refractivity contribution in [3.63, 3.8) is 0 Å². The molecule has 1 saturated heterocycles. The van der Waals surface area contributed by atoms with Crippen molar-refractivity contribution < 1.29 is 18.3 Å². The molecule has 0 aliphatic carbocycles. The summed E-state index contributed by atoms with van der Waals surface area (Å²) in [7, 11) is -3.52. The van der Waals surface area contributed by atoms with Crippen LogP contribution in [-0.2, 0) is 10.0 Å². The highest BCUT2D eigenvalue weighted by Crippen LogP contribution is 2.16. The largest absolute Gasteiger partial charge is 0.387 e. The van der Waals surface area contributed by atoms with Gasteiger partial charge in [0.1, 0.15) is 0 Å².